The molecule has 0 aromatic heterocycles. The first-order valence-corrected chi connectivity index (χ1v) is 6.12. The van der Waals surface area contributed by atoms with Crippen LogP contribution in [0.4, 0.5) is 0 Å². The lowest BCUT2D eigenvalue weighted by Crippen LogP contribution is -2.26. The smallest absolute Gasteiger partial charge is 0.0541 e. The maximum atomic E-state index is 6.05. The molecule has 1 aromatic rings. The zero-order valence-electron chi connectivity index (χ0n) is 8.66. The number of halogens is 1. The summed E-state index contributed by atoms with van der Waals surface area (Å²) in [5.41, 5.74) is 0. The standard InChI is InChI=1S/C12H14ClNS/c1-3-6-10(14-2)9-15-12-8-5-4-7-11(12)13/h1,4-5,7-8,10,14H,6,9H2,2H3. The second-order valence-corrected chi connectivity index (χ2v) is 4.60. The van der Waals surface area contributed by atoms with Gasteiger partial charge in [0.1, 0.15) is 0 Å². The van der Waals surface area contributed by atoms with Gasteiger partial charge < -0.3 is 5.32 Å². The second kappa shape index (κ2) is 6.79. The number of thioether (sulfide) groups is 1. The maximum absolute atomic E-state index is 6.05. The van der Waals surface area contributed by atoms with Crippen molar-refractivity contribution in [3.8, 4) is 12.3 Å². The van der Waals surface area contributed by atoms with Gasteiger partial charge >= 0.3 is 0 Å². The molecule has 0 aliphatic rings. The molecular formula is C12H14ClNS. The third-order valence-electron chi connectivity index (χ3n) is 2.05. The van der Waals surface area contributed by atoms with Gasteiger partial charge in [0, 0.05) is 23.1 Å². The first-order chi connectivity index (χ1) is 7.27. The number of rotatable bonds is 5. The number of hydrogen-bond acceptors (Lipinski definition) is 2. The van der Waals surface area contributed by atoms with Crippen LogP contribution in [0.15, 0.2) is 29.2 Å². The fourth-order valence-corrected chi connectivity index (χ4v) is 2.48. The monoisotopic (exact) mass is 239 g/mol. The summed E-state index contributed by atoms with van der Waals surface area (Å²) in [6.07, 6.45) is 6.02. The highest BCUT2D eigenvalue weighted by atomic mass is 35.5. The van der Waals surface area contributed by atoms with Crippen LogP contribution in [0.3, 0.4) is 0 Å². The van der Waals surface area contributed by atoms with Crippen LogP contribution >= 0.6 is 23.4 Å². The van der Waals surface area contributed by atoms with Crippen LogP contribution in [0.1, 0.15) is 6.42 Å². The third-order valence-corrected chi connectivity index (χ3v) is 3.73. The Hall–Kier alpha value is -0.620. The Labute approximate surface area is 101 Å². The molecule has 0 aliphatic carbocycles. The van der Waals surface area contributed by atoms with Crippen molar-refractivity contribution in [3.05, 3.63) is 29.3 Å². The molecule has 0 heterocycles. The highest BCUT2D eigenvalue weighted by Crippen LogP contribution is 2.27. The molecule has 1 N–H and O–H groups in total. The Kier molecular flexibility index (Phi) is 5.63. The van der Waals surface area contributed by atoms with E-state index in [-0.39, 0.29) is 0 Å². The van der Waals surface area contributed by atoms with Crippen molar-refractivity contribution in [3.63, 3.8) is 0 Å². The summed E-state index contributed by atoms with van der Waals surface area (Å²) < 4.78 is 0. The molecule has 0 radical (unpaired) electrons. The second-order valence-electron chi connectivity index (χ2n) is 3.14. The average molecular weight is 240 g/mol. The van der Waals surface area contributed by atoms with Gasteiger partial charge in [-0.3, -0.25) is 0 Å². The Bertz CT molecular complexity index is 346. The highest BCUT2D eigenvalue weighted by Gasteiger charge is 2.06. The molecule has 3 heteroatoms. The number of nitrogens with one attached hydrogen (secondary N) is 1. The maximum Gasteiger partial charge on any atom is 0.0541 e. The fraction of sp³-hybridized carbons (Fsp3) is 0.333. The van der Waals surface area contributed by atoms with Gasteiger partial charge in [0.15, 0.2) is 0 Å². The molecule has 0 fully saturated rings. The molecule has 15 heavy (non-hydrogen) atoms. The number of benzene rings is 1. The van der Waals surface area contributed by atoms with Crippen molar-refractivity contribution in [2.45, 2.75) is 17.4 Å². The summed E-state index contributed by atoms with van der Waals surface area (Å²) in [6, 6.07) is 8.19. The fourth-order valence-electron chi connectivity index (χ4n) is 1.14. The van der Waals surface area contributed by atoms with Crippen molar-refractivity contribution >= 4 is 23.4 Å². The molecule has 1 rings (SSSR count). The van der Waals surface area contributed by atoms with E-state index in [1.54, 1.807) is 11.8 Å². The van der Waals surface area contributed by atoms with Crippen LogP contribution in [-0.2, 0) is 0 Å². The molecule has 1 nitrogen and oxygen atoms in total. The number of hydrogen-bond donors (Lipinski definition) is 1. The zero-order chi connectivity index (χ0) is 11.1. The summed E-state index contributed by atoms with van der Waals surface area (Å²) in [6.45, 7) is 0. The average Bonchev–Trinajstić information content (AvgIpc) is 2.26. The van der Waals surface area contributed by atoms with E-state index in [0.717, 1.165) is 22.1 Å². The van der Waals surface area contributed by atoms with E-state index in [2.05, 4.69) is 11.2 Å². The van der Waals surface area contributed by atoms with Crippen LogP contribution < -0.4 is 5.32 Å². The predicted molar refractivity (Wildman–Crippen MR) is 68.5 cm³/mol. The minimum atomic E-state index is 0.344. The van der Waals surface area contributed by atoms with Crippen molar-refractivity contribution in [2.24, 2.45) is 0 Å². The molecule has 80 valence electrons. The largest absolute Gasteiger partial charge is 0.315 e. The zero-order valence-corrected chi connectivity index (χ0v) is 10.2. The third kappa shape index (κ3) is 4.17. The predicted octanol–water partition coefficient (Wildman–Crippen LogP) is 3.04. The Morgan fingerprint density at radius 1 is 1.53 bits per heavy atom. The van der Waals surface area contributed by atoms with Crippen LogP contribution in [0.25, 0.3) is 0 Å². The molecule has 0 bridgehead atoms. The van der Waals surface area contributed by atoms with Gasteiger partial charge in [0.05, 0.1) is 5.02 Å². The topological polar surface area (TPSA) is 12.0 Å². The molecule has 0 spiro atoms. The summed E-state index contributed by atoms with van der Waals surface area (Å²) in [4.78, 5) is 1.11. The van der Waals surface area contributed by atoms with Crippen molar-refractivity contribution in [1.82, 2.24) is 5.32 Å². The van der Waals surface area contributed by atoms with Gasteiger partial charge in [-0.25, -0.2) is 0 Å². The van der Waals surface area contributed by atoms with E-state index < -0.39 is 0 Å². The molecule has 0 saturated heterocycles. The van der Waals surface area contributed by atoms with Gasteiger partial charge in [0.2, 0.25) is 0 Å². The molecule has 0 amide bonds. The van der Waals surface area contributed by atoms with Gasteiger partial charge in [-0.2, -0.15) is 0 Å². The van der Waals surface area contributed by atoms with E-state index in [0.29, 0.717) is 6.04 Å². The van der Waals surface area contributed by atoms with Crippen LogP contribution in [-0.4, -0.2) is 18.8 Å². The highest BCUT2D eigenvalue weighted by molar-refractivity contribution is 7.99. The molecule has 0 saturated carbocycles. The van der Waals surface area contributed by atoms with Crippen molar-refractivity contribution in [2.75, 3.05) is 12.8 Å². The lowest BCUT2D eigenvalue weighted by Gasteiger charge is -2.12. The Balaban J connectivity index is 2.49. The van der Waals surface area contributed by atoms with E-state index in [9.17, 15) is 0 Å². The molecular weight excluding hydrogens is 226 g/mol. The van der Waals surface area contributed by atoms with Crippen LogP contribution in [0.5, 0.6) is 0 Å². The minimum Gasteiger partial charge on any atom is -0.315 e. The molecule has 1 aromatic carbocycles. The van der Waals surface area contributed by atoms with Gasteiger partial charge in [-0.1, -0.05) is 23.7 Å². The first kappa shape index (κ1) is 12.4. The molecule has 1 atom stereocenters. The SMILES string of the molecule is C#CCC(CSc1ccccc1Cl)NC. The lowest BCUT2D eigenvalue weighted by molar-refractivity contribution is 0.637. The minimum absolute atomic E-state index is 0.344. The van der Waals surface area contributed by atoms with Gasteiger partial charge in [-0.15, -0.1) is 24.1 Å². The quantitative estimate of drug-likeness (QED) is 0.626. The van der Waals surface area contributed by atoms with Gasteiger partial charge in [-0.05, 0) is 19.2 Å². The summed E-state index contributed by atoms with van der Waals surface area (Å²) in [7, 11) is 1.93. The molecule has 0 aliphatic heterocycles. The van der Waals surface area contributed by atoms with E-state index in [1.165, 1.54) is 0 Å². The van der Waals surface area contributed by atoms with Crippen LogP contribution in [0, 0.1) is 12.3 Å². The molecule has 1 unspecified atom stereocenters. The van der Waals surface area contributed by atoms with Crippen molar-refractivity contribution < 1.29 is 0 Å². The summed E-state index contributed by atoms with van der Waals surface area (Å²) >= 11 is 7.78. The van der Waals surface area contributed by atoms with E-state index in [1.807, 2.05) is 31.3 Å². The Morgan fingerprint density at radius 2 is 2.27 bits per heavy atom. The normalized spacial score (nSPS) is 12.1. The van der Waals surface area contributed by atoms with E-state index in [4.69, 9.17) is 18.0 Å². The summed E-state index contributed by atoms with van der Waals surface area (Å²) in [5, 5.41) is 3.99. The Morgan fingerprint density at radius 3 is 2.87 bits per heavy atom. The van der Waals surface area contributed by atoms with E-state index >= 15 is 0 Å². The summed E-state index contributed by atoms with van der Waals surface area (Å²) in [5.74, 6) is 3.60. The van der Waals surface area contributed by atoms with Crippen LogP contribution in [0.2, 0.25) is 5.02 Å². The lowest BCUT2D eigenvalue weighted by atomic mass is 10.2. The number of terminal acetylenes is 1. The van der Waals surface area contributed by atoms with Gasteiger partial charge in [0.25, 0.3) is 0 Å². The van der Waals surface area contributed by atoms with Crippen molar-refractivity contribution in [1.29, 1.82) is 0 Å². The first-order valence-electron chi connectivity index (χ1n) is 4.76.